The standard InChI is InChI=1S/C51H31N7/c1-2-10-32(11-3-1)33-20-22-34(23-21-33)49-56-50(39-14-4-12-35(28-39)43-30-37-16-6-24-52-45(37)47-41(43)18-8-26-54-47)58-51(57-49)40-15-5-13-36(29-40)44-31-38-17-7-25-53-46(38)48-42(44)19-9-27-55-48/h1-31H. The van der Waals surface area contributed by atoms with Gasteiger partial charge in [-0.05, 0) is 81.9 Å². The van der Waals surface area contributed by atoms with Gasteiger partial charge < -0.3 is 0 Å². The smallest absolute Gasteiger partial charge is 0.164 e. The van der Waals surface area contributed by atoms with Crippen molar-refractivity contribution in [1.29, 1.82) is 0 Å². The first kappa shape index (κ1) is 33.3. The molecule has 0 saturated heterocycles. The molecule has 11 aromatic rings. The van der Waals surface area contributed by atoms with E-state index in [2.05, 4.69) is 143 Å². The van der Waals surface area contributed by atoms with E-state index < -0.39 is 0 Å². The Morgan fingerprint density at radius 2 is 0.655 bits per heavy atom. The molecule has 0 N–H and O–H groups in total. The van der Waals surface area contributed by atoms with Crippen LogP contribution in [0.5, 0.6) is 0 Å². The van der Waals surface area contributed by atoms with Crippen LogP contribution in [0.25, 0.3) is 111 Å². The molecule has 270 valence electrons. The number of aromatic nitrogens is 7. The van der Waals surface area contributed by atoms with E-state index in [0.29, 0.717) is 17.5 Å². The summed E-state index contributed by atoms with van der Waals surface area (Å²) in [4.78, 5) is 34.3. The van der Waals surface area contributed by atoms with Crippen molar-refractivity contribution >= 4 is 43.6 Å². The lowest BCUT2D eigenvalue weighted by Gasteiger charge is -2.13. The van der Waals surface area contributed by atoms with Gasteiger partial charge in [-0.3, -0.25) is 19.9 Å². The second kappa shape index (κ2) is 13.9. The van der Waals surface area contributed by atoms with Crippen LogP contribution in [-0.2, 0) is 0 Å². The number of benzene rings is 6. The van der Waals surface area contributed by atoms with Crippen molar-refractivity contribution in [2.75, 3.05) is 0 Å². The first-order chi connectivity index (χ1) is 28.7. The predicted molar refractivity (Wildman–Crippen MR) is 234 cm³/mol. The zero-order valence-electron chi connectivity index (χ0n) is 31.0. The minimum atomic E-state index is 0.579. The van der Waals surface area contributed by atoms with Crippen LogP contribution in [0.2, 0.25) is 0 Å². The Morgan fingerprint density at radius 3 is 1.17 bits per heavy atom. The molecule has 7 nitrogen and oxygen atoms in total. The summed E-state index contributed by atoms with van der Waals surface area (Å²) in [6.45, 7) is 0. The molecule has 0 radical (unpaired) electrons. The molecule has 0 spiro atoms. The van der Waals surface area contributed by atoms with Crippen LogP contribution >= 0.6 is 0 Å². The Bertz CT molecular complexity index is 3170. The zero-order valence-corrected chi connectivity index (χ0v) is 31.0. The van der Waals surface area contributed by atoms with Gasteiger partial charge in [0, 0.05) is 63.0 Å². The van der Waals surface area contributed by atoms with Crippen molar-refractivity contribution in [1.82, 2.24) is 34.9 Å². The van der Waals surface area contributed by atoms with Gasteiger partial charge in [-0.15, -0.1) is 0 Å². The minimum absolute atomic E-state index is 0.579. The fraction of sp³-hybridized carbons (Fsp3) is 0. The molecule has 0 aliphatic heterocycles. The molecule has 11 rings (SSSR count). The lowest BCUT2D eigenvalue weighted by molar-refractivity contribution is 1.07. The van der Waals surface area contributed by atoms with Gasteiger partial charge in [-0.2, -0.15) is 0 Å². The van der Waals surface area contributed by atoms with E-state index in [-0.39, 0.29) is 0 Å². The lowest BCUT2D eigenvalue weighted by atomic mass is 9.96. The summed E-state index contributed by atoms with van der Waals surface area (Å²) < 4.78 is 0. The maximum absolute atomic E-state index is 5.19. The van der Waals surface area contributed by atoms with Gasteiger partial charge >= 0.3 is 0 Å². The fourth-order valence-corrected chi connectivity index (χ4v) is 7.89. The van der Waals surface area contributed by atoms with Gasteiger partial charge in [0.1, 0.15) is 0 Å². The monoisotopic (exact) mass is 741 g/mol. The second-order valence-corrected chi connectivity index (χ2v) is 14.2. The molecule has 0 amide bonds. The van der Waals surface area contributed by atoms with Crippen molar-refractivity contribution in [3.63, 3.8) is 0 Å². The second-order valence-electron chi connectivity index (χ2n) is 14.2. The highest BCUT2D eigenvalue weighted by Crippen LogP contribution is 2.37. The summed E-state index contributed by atoms with van der Waals surface area (Å²) in [5.74, 6) is 1.75. The van der Waals surface area contributed by atoms with E-state index in [4.69, 9.17) is 24.9 Å². The minimum Gasteiger partial charge on any atom is -0.254 e. The first-order valence-electron chi connectivity index (χ1n) is 19.1. The molecule has 58 heavy (non-hydrogen) atoms. The van der Waals surface area contributed by atoms with Gasteiger partial charge in [0.25, 0.3) is 0 Å². The van der Waals surface area contributed by atoms with Crippen molar-refractivity contribution in [3.8, 4) is 67.5 Å². The molecule has 0 aliphatic rings. The molecule has 7 heteroatoms. The number of hydrogen-bond acceptors (Lipinski definition) is 7. The molecule has 0 saturated carbocycles. The molecular weight excluding hydrogens is 711 g/mol. The maximum Gasteiger partial charge on any atom is 0.164 e. The van der Waals surface area contributed by atoms with Crippen LogP contribution in [0.1, 0.15) is 0 Å². The molecule has 6 aromatic carbocycles. The van der Waals surface area contributed by atoms with Gasteiger partial charge in [0.15, 0.2) is 17.5 Å². The molecule has 0 fully saturated rings. The lowest BCUT2D eigenvalue weighted by Crippen LogP contribution is -2.00. The van der Waals surface area contributed by atoms with Gasteiger partial charge in [-0.1, -0.05) is 115 Å². The largest absolute Gasteiger partial charge is 0.254 e. The Labute approximate surface area is 333 Å². The number of hydrogen-bond donors (Lipinski definition) is 0. The average molecular weight is 742 g/mol. The van der Waals surface area contributed by atoms with Gasteiger partial charge in [0.05, 0.1) is 22.1 Å². The van der Waals surface area contributed by atoms with Crippen molar-refractivity contribution in [2.45, 2.75) is 0 Å². The first-order valence-corrected chi connectivity index (χ1v) is 19.1. The third-order valence-corrected chi connectivity index (χ3v) is 10.7. The highest BCUT2D eigenvalue weighted by Gasteiger charge is 2.17. The Kier molecular flexibility index (Phi) is 8.00. The summed E-state index contributed by atoms with van der Waals surface area (Å²) in [7, 11) is 0. The zero-order chi connectivity index (χ0) is 38.4. The van der Waals surface area contributed by atoms with E-state index in [0.717, 1.165) is 93.7 Å². The van der Waals surface area contributed by atoms with Crippen LogP contribution in [-0.4, -0.2) is 34.9 Å². The van der Waals surface area contributed by atoms with E-state index in [1.807, 2.05) is 55.1 Å². The summed E-state index contributed by atoms with van der Waals surface area (Å²) in [6, 6.07) is 56.2. The number of nitrogens with zero attached hydrogens (tertiary/aromatic N) is 7. The highest BCUT2D eigenvalue weighted by atomic mass is 15.0. The number of rotatable bonds is 6. The number of pyridine rings is 4. The third kappa shape index (κ3) is 5.90. The summed E-state index contributed by atoms with van der Waals surface area (Å²) in [5.41, 5.74) is 12.6. The number of fused-ring (bicyclic) bond motifs is 6. The van der Waals surface area contributed by atoms with Crippen LogP contribution in [0.15, 0.2) is 189 Å². The van der Waals surface area contributed by atoms with Crippen molar-refractivity contribution < 1.29 is 0 Å². The Hall–Kier alpha value is -8.03. The molecule has 0 aliphatic carbocycles. The molecule has 5 aromatic heterocycles. The molecule has 0 atom stereocenters. The van der Waals surface area contributed by atoms with E-state index >= 15 is 0 Å². The van der Waals surface area contributed by atoms with E-state index in [9.17, 15) is 0 Å². The van der Waals surface area contributed by atoms with Crippen molar-refractivity contribution in [2.24, 2.45) is 0 Å². The van der Waals surface area contributed by atoms with E-state index in [1.165, 1.54) is 0 Å². The average Bonchev–Trinajstić information content (AvgIpc) is 3.31. The molecule has 5 heterocycles. The quantitative estimate of drug-likeness (QED) is 0.157. The fourth-order valence-electron chi connectivity index (χ4n) is 7.89. The summed E-state index contributed by atoms with van der Waals surface area (Å²) in [5, 5.41) is 4.13. The van der Waals surface area contributed by atoms with E-state index in [1.54, 1.807) is 0 Å². The Morgan fingerprint density at radius 1 is 0.259 bits per heavy atom. The normalized spacial score (nSPS) is 11.4. The third-order valence-electron chi connectivity index (χ3n) is 10.7. The van der Waals surface area contributed by atoms with Crippen LogP contribution < -0.4 is 0 Å². The van der Waals surface area contributed by atoms with Crippen LogP contribution in [0.4, 0.5) is 0 Å². The van der Waals surface area contributed by atoms with Gasteiger partial charge in [-0.25, -0.2) is 15.0 Å². The van der Waals surface area contributed by atoms with Crippen molar-refractivity contribution in [3.05, 3.63) is 189 Å². The van der Waals surface area contributed by atoms with Gasteiger partial charge in [0.2, 0.25) is 0 Å². The van der Waals surface area contributed by atoms with Crippen LogP contribution in [0, 0.1) is 0 Å². The summed E-state index contributed by atoms with van der Waals surface area (Å²) >= 11 is 0. The molecular formula is C51H31N7. The predicted octanol–water partition coefficient (Wildman–Crippen LogP) is 12.1. The van der Waals surface area contributed by atoms with Crippen LogP contribution in [0.3, 0.4) is 0 Å². The highest BCUT2D eigenvalue weighted by molar-refractivity contribution is 6.11. The summed E-state index contributed by atoms with van der Waals surface area (Å²) in [6.07, 6.45) is 7.28. The molecule has 0 bridgehead atoms. The molecule has 0 unspecified atom stereocenters. The topological polar surface area (TPSA) is 90.2 Å². The maximum atomic E-state index is 5.19. The Balaban J connectivity index is 1.07. The SMILES string of the molecule is c1ccc(-c2ccc(-c3nc(-c4cccc(-c5cc6cccnc6c6ncccc56)c4)nc(-c4cccc(-c5cc6cccnc6c6ncccc56)c4)n3)cc2)cc1.